The molecule has 2 aromatic heterocycles. The summed E-state index contributed by atoms with van der Waals surface area (Å²) in [6.45, 7) is 3.06. The Labute approximate surface area is 156 Å². The monoisotopic (exact) mass is 367 g/mol. The van der Waals surface area contributed by atoms with Crippen LogP contribution in [-0.2, 0) is 30.8 Å². The number of ether oxygens (including phenoxy) is 1. The SMILES string of the molecule is COCCn1nnc2c1CCN(C(=O)c1ccc(Cn3cncn3)cc1)C2. The summed E-state index contributed by atoms with van der Waals surface area (Å²) < 4.78 is 8.72. The van der Waals surface area contributed by atoms with Crippen LogP contribution in [-0.4, -0.2) is 60.8 Å². The topological polar surface area (TPSA) is 91.0 Å². The Morgan fingerprint density at radius 3 is 2.85 bits per heavy atom. The van der Waals surface area contributed by atoms with E-state index >= 15 is 0 Å². The predicted molar refractivity (Wildman–Crippen MR) is 95.9 cm³/mol. The molecule has 3 aromatic rings. The highest BCUT2D eigenvalue weighted by Crippen LogP contribution is 2.19. The lowest BCUT2D eigenvalue weighted by Gasteiger charge is -2.26. The van der Waals surface area contributed by atoms with Crippen LogP contribution in [0, 0.1) is 0 Å². The maximum atomic E-state index is 12.8. The summed E-state index contributed by atoms with van der Waals surface area (Å²) in [5.74, 6) is 0.0133. The fourth-order valence-electron chi connectivity index (χ4n) is 3.23. The molecular formula is C18H21N7O2. The van der Waals surface area contributed by atoms with E-state index in [4.69, 9.17) is 4.74 Å². The van der Waals surface area contributed by atoms with E-state index < -0.39 is 0 Å². The molecule has 27 heavy (non-hydrogen) atoms. The number of hydrogen-bond acceptors (Lipinski definition) is 6. The summed E-state index contributed by atoms with van der Waals surface area (Å²) in [5.41, 5.74) is 3.71. The van der Waals surface area contributed by atoms with Gasteiger partial charge in [-0.25, -0.2) is 14.3 Å². The number of benzene rings is 1. The van der Waals surface area contributed by atoms with Crippen molar-refractivity contribution in [2.24, 2.45) is 0 Å². The highest BCUT2D eigenvalue weighted by atomic mass is 16.5. The molecule has 0 atom stereocenters. The largest absolute Gasteiger partial charge is 0.383 e. The van der Waals surface area contributed by atoms with Gasteiger partial charge < -0.3 is 9.64 Å². The van der Waals surface area contributed by atoms with Crippen LogP contribution >= 0.6 is 0 Å². The Kier molecular flexibility index (Phi) is 4.93. The molecule has 0 fully saturated rings. The molecule has 0 spiro atoms. The Balaban J connectivity index is 1.42. The van der Waals surface area contributed by atoms with Gasteiger partial charge in [0.25, 0.3) is 5.91 Å². The van der Waals surface area contributed by atoms with E-state index in [-0.39, 0.29) is 5.91 Å². The molecule has 0 saturated carbocycles. The van der Waals surface area contributed by atoms with Crippen molar-refractivity contribution in [2.75, 3.05) is 20.3 Å². The quantitative estimate of drug-likeness (QED) is 0.639. The van der Waals surface area contributed by atoms with Gasteiger partial charge in [-0.05, 0) is 17.7 Å². The predicted octanol–water partition coefficient (Wildman–Crippen LogP) is 0.763. The lowest BCUT2D eigenvalue weighted by atomic mass is 10.1. The van der Waals surface area contributed by atoms with Crippen molar-refractivity contribution in [1.82, 2.24) is 34.7 Å². The third kappa shape index (κ3) is 3.72. The number of carbonyl (C=O) groups is 1. The van der Waals surface area contributed by atoms with Crippen molar-refractivity contribution in [2.45, 2.75) is 26.1 Å². The highest BCUT2D eigenvalue weighted by Gasteiger charge is 2.26. The molecule has 1 aliphatic rings. The molecule has 9 heteroatoms. The van der Waals surface area contributed by atoms with Gasteiger partial charge in [-0.2, -0.15) is 5.10 Å². The number of aromatic nitrogens is 6. The van der Waals surface area contributed by atoms with E-state index in [1.165, 1.54) is 6.33 Å². The maximum Gasteiger partial charge on any atom is 0.254 e. The second-order valence-corrected chi connectivity index (χ2v) is 6.47. The Morgan fingerprint density at radius 1 is 1.26 bits per heavy atom. The molecule has 0 N–H and O–H groups in total. The summed E-state index contributed by atoms with van der Waals surface area (Å²) in [5, 5.41) is 12.5. The first-order valence-electron chi connectivity index (χ1n) is 8.85. The molecular weight excluding hydrogens is 346 g/mol. The molecule has 0 aliphatic carbocycles. The lowest BCUT2D eigenvalue weighted by molar-refractivity contribution is 0.0730. The minimum atomic E-state index is 0.0133. The number of fused-ring (bicyclic) bond motifs is 1. The Morgan fingerprint density at radius 2 is 2.11 bits per heavy atom. The van der Waals surface area contributed by atoms with Gasteiger partial charge in [0.1, 0.15) is 18.3 Å². The minimum Gasteiger partial charge on any atom is -0.383 e. The average molecular weight is 367 g/mol. The number of nitrogens with zero attached hydrogens (tertiary/aromatic N) is 7. The minimum absolute atomic E-state index is 0.0133. The van der Waals surface area contributed by atoms with E-state index in [0.717, 1.165) is 23.4 Å². The molecule has 0 radical (unpaired) electrons. The van der Waals surface area contributed by atoms with Crippen molar-refractivity contribution in [3.8, 4) is 0 Å². The zero-order valence-corrected chi connectivity index (χ0v) is 15.2. The van der Waals surface area contributed by atoms with Gasteiger partial charge >= 0.3 is 0 Å². The van der Waals surface area contributed by atoms with Gasteiger partial charge in [0.2, 0.25) is 0 Å². The van der Waals surface area contributed by atoms with E-state index in [9.17, 15) is 4.79 Å². The first-order chi connectivity index (χ1) is 13.2. The van der Waals surface area contributed by atoms with E-state index in [1.54, 1.807) is 18.1 Å². The van der Waals surface area contributed by atoms with Gasteiger partial charge in [-0.15, -0.1) is 5.10 Å². The fraction of sp³-hybridized carbons (Fsp3) is 0.389. The van der Waals surface area contributed by atoms with Crippen LogP contribution in [0.25, 0.3) is 0 Å². The Bertz CT molecular complexity index is 902. The summed E-state index contributed by atoms with van der Waals surface area (Å²) in [6, 6.07) is 7.62. The molecule has 0 unspecified atom stereocenters. The lowest BCUT2D eigenvalue weighted by Crippen LogP contribution is -2.36. The Hall–Kier alpha value is -3.07. The van der Waals surface area contributed by atoms with Crippen LogP contribution in [0.1, 0.15) is 27.3 Å². The van der Waals surface area contributed by atoms with E-state index in [2.05, 4.69) is 20.4 Å². The number of carbonyl (C=O) groups excluding carboxylic acids is 1. The molecule has 140 valence electrons. The molecule has 1 aromatic carbocycles. The zero-order chi connectivity index (χ0) is 18.6. The summed E-state index contributed by atoms with van der Waals surface area (Å²) in [4.78, 5) is 18.6. The van der Waals surface area contributed by atoms with Crippen molar-refractivity contribution in [3.63, 3.8) is 0 Å². The number of amides is 1. The summed E-state index contributed by atoms with van der Waals surface area (Å²) in [7, 11) is 1.67. The molecule has 9 nitrogen and oxygen atoms in total. The van der Waals surface area contributed by atoms with Crippen molar-refractivity contribution in [1.29, 1.82) is 0 Å². The van der Waals surface area contributed by atoms with E-state index in [1.807, 2.05) is 33.8 Å². The van der Waals surface area contributed by atoms with Crippen LogP contribution in [0.15, 0.2) is 36.9 Å². The molecule has 3 heterocycles. The molecule has 0 saturated heterocycles. The summed E-state index contributed by atoms with van der Waals surface area (Å²) in [6.07, 6.45) is 3.93. The molecule has 4 rings (SSSR count). The van der Waals surface area contributed by atoms with Gasteiger partial charge in [0.05, 0.1) is 31.9 Å². The van der Waals surface area contributed by atoms with Crippen molar-refractivity contribution < 1.29 is 9.53 Å². The number of rotatable bonds is 6. The van der Waals surface area contributed by atoms with Gasteiger partial charge in [-0.3, -0.25) is 4.79 Å². The van der Waals surface area contributed by atoms with Crippen molar-refractivity contribution in [3.05, 3.63) is 59.4 Å². The third-order valence-corrected chi connectivity index (χ3v) is 4.68. The van der Waals surface area contributed by atoms with Gasteiger partial charge in [0.15, 0.2) is 0 Å². The smallest absolute Gasteiger partial charge is 0.254 e. The maximum absolute atomic E-state index is 12.8. The van der Waals surface area contributed by atoms with Gasteiger partial charge in [-0.1, -0.05) is 17.3 Å². The number of hydrogen-bond donors (Lipinski definition) is 0. The standard InChI is InChI=1S/C18H21N7O2/c1-27-9-8-25-17-6-7-23(11-16(17)21-22-25)18(26)15-4-2-14(3-5-15)10-24-13-19-12-20-24/h2-5,12-13H,6-11H2,1H3. The first-order valence-corrected chi connectivity index (χ1v) is 8.85. The van der Waals surface area contributed by atoms with Gasteiger partial charge in [0, 0.05) is 25.6 Å². The molecule has 1 amide bonds. The second-order valence-electron chi connectivity index (χ2n) is 6.47. The zero-order valence-electron chi connectivity index (χ0n) is 15.2. The third-order valence-electron chi connectivity index (χ3n) is 4.68. The second kappa shape index (κ2) is 7.67. The first kappa shape index (κ1) is 17.3. The molecule has 0 bridgehead atoms. The highest BCUT2D eigenvalue weighted by molar-refractivity contribution is 5.94. The van der Waals surface area contributed by atoms with Crippen LogP contribution in [0.3, 0.4) is 0 Å². The van der Waals surface area contributed by atoms with Crippen molar-refractivity contribution >= 4 is 5.91 Å². The fourth-order valence-corrected chi connectivity index (χ4v) is 3.23. The van der Waals surface area contributed by atoms with Crippen LogP contribution in [0.2, 0.25) is 0 Å². The average Bonchev–Trinajstić information content (AvgIpc) is 3.35. The number of methoxy groups -OCH3 is 1. The normalized spacial score (nSPS) is 13.6. The van der Waals surface area contributed by atoms with Crippen LogP contribution in [0.4, 0.5) is 0 Å². The van der Waals surface area contributed by atoms with E-state index in [0.29, 0.717) is 38.3 Å². The molecule has 1 aliphatic heterocycles. The summed E-state index contributed by atoms with van der Waals surface area (Å²) >= 11 is 0. The van der Waals surface area contributed by atoms with Crippen LogP contribution in [0.5, 0.6) is 0 Å². The van der Waals surface area contributed by atoms with Crippen LogP contribution < -0.4 is 0 Å².